The third kappa shape index (κ3) is 2.85. The zero-order chi connectivity index (χ0) is 20.1. The molecule has 9 nitrogen and oxygen atoms in total. The van der Waals surface area contributed by atoms with Gasteiger partial charge in [0.25, 0.3) is 5.56 Å². The van der Waals surface area contributed by atoms with Crippen LogP contribution in [0.5, 0.6) is 0 Å². The third-order valence-corrected chi connectivity index (χ3v) is 6.87. The molecule has 4 rings (SSSR count). The Bertz CT molecular complexity index is 1160. The number of nitrogens with zero attached hydrogens (tertiary/aromatic N) is 4. The number of benzene rings is 1. The lowest BCUT2D eigenvalue weighted by molar-refractivity contribution is 0.399. The van der Waals surface area contributed by atoms with E-state index < -0.39 is 10.8 Å². The Kier molecular flexibility index (Phi) is 4.40. The molecule has 4 N–H and O–H groups in total. The van der Waals surface area contributed by atoms with Crippen LogP contribution in [0.3, 0.4) is 0 Å². The highest BCUT2D eigenvalue weighted by Gasteiger charge is 2.32. The molecule has 0 radical (unpaired) electrons. The lowest BCUT2D eigenvalue weighted by Crippen LogP contribution is -2.15. The highest BCUT2D eigenvalue weighted by Crippen LogP contribution is 2.58. The average molecular weight is 400 g/mol. The molecular formula is C18H20N6O3S. The zero-order valence-electron chi connectivity index (χ0n) is 15.4. The molecule has 0 aliphatic carbocycles. The first-order valence-corrected chi connectivity index (χ1v) is 10.2. The minimum Gasteiger partial charge on any atom is -0.338 e. The van der Waals surface area contributed by atoms with Gasteiger partial charge in [-0.25, -0.2) is 4.31 Å². The molecule has 0 saturated heterocycles. The number of rotatable bonds is 4. The minimum atomic E-state index is -2.93. The van der Waals surface area contributed by atoms with E-state index in [1.165, 1.54) is 4.31 Å². The number of aromatic nitrogens is 3. The normalized spacial score (nSPS) is 17.8. The first-order valence-electron chi connectivity index (χ1n) is 8.69. The first kappa shape index (κ1) is 18.5. The minimum absolute atomic E-state index is 0.188. The third-order valence-electron chi connectivity index (χ3n) is 4.88. The van der Waals surface area contributed by atoms with Gasteiger partial charge in [-0.05, 0) is 36.8 Å². The molecule has 146 valence electrons. The molecule has 28 heavy (non-hydrogen) atoms. The number of H-pyrrole nitrogens is 1. The van der Waals surface area contributed by atoms with Gasteiger partial charge in [-0.15, -0.1) is 10.8 Å². The van der Waals surface area contributed by atoms with E-state index in [4.69, 9.17) is 5.26 Å². The van der Waals surface area contributed by atoms with Gasteiger partial charge in [0.05, 0.1) is 28.9 Å². The Morgan fingerprint density at radius 3 is 2.96 bits per heavy atom. The van der Waals surface area contributed by atoms with E-state index in [9.17, 15) is 13.9 Å². The fourth-order valence-corrected chi connectivity index (χ4v) is 4.80. The van der Waals surface area contributed by atoms with Gasteiger partial charge in [0.1, 0.15) is 5.39 Å². The predicted octanol–water partition coefficient (Wildman–Crippen LogP) is 3.41. The van der Waals surface area contributed by atoms with Crippen LogP contribution >= 0.6 is 10.8 Å². The van der Waals surface area contributed by atoms with Crippen LogP contribution in [0.4, 0.5) is 11.5 Å². The van der Waals surface area contributed by atoms with E-state index in [2.05, 4.69) is 21.5 Å². The second-order valence-electron chi connectivity index (χ2n) is 6.82. The summed E-state index contributed by atoms with van der Waals surface area (Å²) in [6.07, 6.45) is 1.83. The molecule has 3 aromatic rings. The summed E-state index contributed by atoms with van der Waals surface area (Å²) in [6.45, 7) is 2.29. The van der Waals surface area contributed by atoms with Crippen molar-refractivity contribution in [3.8, 4) is 6.07 Å². The Morgan fingerprint density at radius 2 is 2.21 bits per heavy atom. The Labute approximate surface area is 162 Å². The van der Waals surface area contributed by atoms with Crippen LogP contribution in [0, 0.1) is 11.3 Å². The van der Waals surface area contributed by atoms with E-state index >= 15 is 0 Å². The van der Waals surface area contributed by atoms with Crippen LogP contribution in [-0.4, -0.2) is 35.2 Å². The fraction of sp³-hybridized carbons (Fsp3) is 0.278. The summed E-state index contributed by atoms with van der Waals surface area (Å²) < 4.78 is 23.7. The van der Waals surface area contributed by atoms with Crippen molar-refractivity contribution in [1.82, 2.24) is 19.1 Å². The van der Waals surface area contributed by atoms with Gasteiger partial charge < -0.3 is 10.3 Å². The van der Waals surface area contributed by atoms with Crippen molar-refractivity contribution in [2.45, 2.75) is 30.8 Å². The smallest absolute Gasteiger partial charge is 0.261 e. The Balaban J connectivity index is 1.77. The second kappa shape index (κ2) is 6.65. The number of hydrogen-bond acceptors (Lipinski definition) is 7. The standard InChI is InChI=1S/C18H20N6O3S/c1-11(5-7-19)24-14-6-8-20-18(25)16(14)17(22-24)21-13-3-4-15-12(9-13)10-23(2)28(15,26)27/h3-4,6,8-9,11,26-27H,5,10H2,1-2H3,(H,20,25)(H,21,22)/t11-/m0/s1. The molecule has 10 heteroatoms. The van der Waals surface area contributed by atoms with E-state index in [1.54, 1.807) is 36.1 Å². The number of anilines is 2. The van der Waals surface area contributed by atoms with Gasteiger partial charge >= 0.3 is 0 Å². The monoisotopic (exact) mass is 400 g/mol. The topological polar surface area (TPSA) is 130 Å². The molecule has 2 aromatic heterocycles. The summed E-state index contributed by atoms with van der Waals surface area (Å²) in [5.41, 5.74) is 1.87. The largest absolute Gasteiger partial charge is 0.338 e. The van der Waals surface area contributed by atoms with Gasteiger partial charge in [-0.2, -0.15) is 10.4 Å². The van der Waals surface area contributed by atoms with Gasteiger partial charge in [0.2, 0.25) is 0 Å². The maximum Gasteiger partial charge on any atom is 0.261 e. The van der Waals surface area contributed by atoms with E-state index in [-0.39, 0.29) is 18.0 Å². The van der Waals surface area contributed by atoms with Crippen molar-refractivity contribution in [2.75, 3.05) is 12.4 Å². The zero-order valence-corrected chi connectivity index (χ0v) is 16.2. The lowest BCUT2D eigenvalue weighted by atomic mass is 10.2. The van der Waals surface area contributed by atoms with Crippen molar-refractivity contribution in [2.24, 2.45) is 0 Å². The molecule has 1 aliphatic rings. The Morgan fingerprint density at radius 1 is 1.43 bits per heavy atom. The van der Waals surface area contributed by atoms with Crippen LogP contribution in [0.25, 0.3) is 10.9 Å². The summed E-state index contributed by atoms with van der Waals surface area (Å²) in [5, 5.41) is 17.1. The van der Waals surface area contributed by atoms with E-state index in [0.717, 1.165) is 5.56 Å². The summed E-state index contributed by atoms with van der Waals surface area (Å²) in [7, 11) is -1.27. The lowest BCUT2D eigenvalue weighted by Gasteiger charge is -2.34. The molecule has 0 bridgehead atoms. The highest BCUT2D eigenvalue weighted by atomic mass is 32.3. The van der Waals surface area contributed by atoms with Crippen LogP contribution in [0.1, 0.15) is 24.9 Å². The fourth-order valence-electron chi connectivity index (χ4n) is 3.42. The van der Waals surface area contributed by atoms with Crippen LogP contribution in [0.15, 0.2) is 40.2 Å². The summed E-state index contributed by atoms with van der Waals surface area (Å²) >= 11 is 0. The van der Waals surface area contributed by atoms with Gasteiger partial charge in [-0.1, -0.05) is 0 Å². The number of pyridine rings is 1. The Hall–Kier alpha value is -2.84. The van der Waals surface area contributed by atoms with Gasteiger partial charge in [0.15, 0.2) is 5.82 Å². The maximum atomic E-state index is 12.4. The van der Waals surface area contributed by atoms with E-state index in [1.807, 2.05) is 13.0 Å². The summed E-state index contributed by atoms with van der Waals surface area (Å²) in [5.74, 6) is 0.388. The van der Waals surface area contributed by atoms with Crippen LogP contribution in [-0.2, 0) is 6.54 Å². The van der Waals surface area contributed by atoms with Crippen LogP contribution in [0.2, 0.25) is 0 Å². The molecular weight excluding hydrogens is 380 g/mol. The van der Waals surface area contributed by atoms with Crippen molar-refractivity contribution >= 4 is 33.2 Å². The molecule has 0 unspecified atom stereocenters. The number of hydrogen-bond donors (Lipinski definition) is 4. The van der Waals surface area contributed by atoms with E-state index in [0.29, 0.717) is 33.8 Å². The molecule has 1 aliphatic heterocycles. The quantitative estimate of drug-likeness (QED) is 0.528. The highest BCUT2D eigenvalue weighted by molar-refractivity contribution is 8.22. The molecule has 0 spiro atoms. The number of aromatic amines is 1. The van der Waals surface area contributed by atoms with Crippen molar-refractivity contribution in [3.63, 3.8) is 0 Å². The maximum absolute atomic E-state index is 12.4. The number of fused-ring (bicyclic) bond motifs is 2. The van der Waals surface area contributed by atoms with Crippen LogP contribution < -0.4 is 10.9 Å². The van der Waals surface area contributed by atoms with Crippen molar-refractivity contribution in [1.29, 1.82) is 5.26 Å². The average Bonchev–Trinajstić information content (AvgIpc) is 3.11. The van der Waals surface area contributed by atoms with Gasteiger partial charge in [-0.3, -0.25) is 18.6 Å². The number of nitrogens with one attached hydrogen (secondary N) is 2. The molecule has 0 amide bonds. The first-order chi connectivity index (χ1) is 13.3. The molecule has 3 heterocycles. The molecule has 0 saturated carbocycles. The summed E-state index contributed by atoms with van der Waals surface area (Å²) in [6, 6.07) is 8.93. The SMILES string of the molecule is C[C@@H](CC#N)n1nc(Nc2ccc3c(c2)CN(C)S3(O)O)c2c(=O)[nH]ccc21. The predicted molar refractivity (Wildman–Crippen MR) is 108 cm³/mol. The number of nitriles is 1. The molecule has 1 atom stereocenters. The van der Waals surface area contributed by atoms with Gasteiger partial charge in [0, 0.05) is 25.5 Å². The molecule has 1 aromatic carbocycles. The summed E-state index contributed by atoms with van der Waals surface area (Å²) in [4.78, 5) is 15.6. The van der Waals surface area contributed by atoms with Crippen molar-refractivity contribution < 1.29 is 9.11 Å². The van der Waals surface area contributed by atoms with Crippen molar-refractivity contribution in [3.05, 3.63) is 46.4 Å². The second-order valence-corrected chi connectivity index (χ2v) is 8.92. The molecule has 0 fully saturated rings.